The van der Waals surface area contributed by atoms with Gasteiger partial charge in [-0.1, -0.05) is 83.2 Å². The Labute approximate surface area is 233 Å². The molecule has 196 valence electrons. The Kier molecular flexibility index (Phi) is 6.78. The van der Waals surface area contributed by atoms with E-state index in [1.54, 1.807) is 37.4 Å². The fourth-order valence-electron chi connectivity index (χ4n) is 4.19. The number of ether oxygens (including phenoxy) is 1. The summed E-state index contributed by atoms with van der Waals surface area (Å²) in [6.45, 7) is 0. The van der Waals surface area contributed by atoms with Crippen molar-refractivity contribution >= 4 is 44.1 Å². The molecule has 0 aliphatic carbocycles. The number of carbonyl (C=O) groups is 2. The van der Waals surface area contributed by atoms with Gasteiger partial charge in [0.2, 0.25) is 0 Å². The lowest BCUT2D eigenvalue weighted by atomic mass is 10.1. The molecule has 40 heavy (non-hydrogen) atoms. The number of anilines is 2. The van der Waals surface area contributed by atoms with E-state index in [1.165, 1.54) is 0 Å². The molecular formula is C31H22N4O4S. The van der Waals surface area contributed by atoms with Crippen LogP contribution in [-0.4, -0.2) is 29.1 Å². The Hall–Kier alpha value is -5.28. The van der Waals surface area contributed by atoms with Gasteiger partial charge in [0.15, 0.2) is 16.6 Å². The van der Waals surface area contributed by atoms with Crippen molar-refractivity contribution in [3.63, 3.8) is 0 Å². The number of fused-ring (bicyclic) bond motifs is 1. The molecule has 2 N–H and O–H groups in total. The van der Waals surface area contributed by atoms with E-state index >= 15 is 0 Å². The number of aromatic nitrogens is 2. The lowest BCUT2D eigenvalue weighted by molar-refractivity contribution is 0.101. The lowest BCUT2D eigenvalue weighted by Gasteiger charge is -2.06. The molecule has 0 radical (unpaired) electrons. The van der Waals surface area contributed by atoms with Crippen LogP contribution in [0.15, 0.2) is 108 Å². The van der Waals surface area contributed by atoms with Crippen LogP contribution in [0.5, 0.6) is 5.75 Å². The fourth-order valence-corrected chi connectivity index (χ4v) is 5.07. The molecule has 0 spiro atoms. The normalized spacial score (nSPS) is 10.8. The van der Waals surface area contributed by atoms with Crippen LogP contribution in [0, 0.1) is 0 Å². The number of hydrogen-bond acceptors (Lipinski definition) is 7. The number of nitrogens with one attached hydrogen (secondary N) is 2. The summed E-state index contributed by atoms with van der Waals surface area (Å²) in [6, 6.07) is 31.7. The van der Waals surface area contributed by atoms with E-state index < -0.39 is 5.91 Å². The first-order valence-electron chi connectivity index (χ1n) is 12.4. The van der Waals surface area contributed by atoms with Crippen molar-refractivity contribution in [1.82, 2.24) is 10.1 Å². The number of benzene rings is 4. The quantitative estimate of drug-likeness (QED) is 0.221. The highest BCUT2D eigenvalue weighted by molar-refractivity contribution is 7.20. The Balaban J connectivity index is 1.24. The van der Waals surface area contributed by atoms with Gasteiger partial charge < -0.3 is 14.6 Å². The largest absolute Gasteiger partial charge is 0.497 e. The molecule has 9 heteroatoms. The predicted octanol–water partition coefficient (Wildman–Crippen LogP) is 7.13. The molecule has 6 rings (SSSR count). The third kappa shape index (κ3) is 5.18. The van der Waals surface area contributed by atoms with Crippen molar-refractivity contribution in [1.29, 1.82) is 0 Å². The summed E-state index contributed by atoms with van der Waals surface area (Å²) >= 11 is 1.15. The first-order valence-corrected chi connectivity index (χ1v) is 13.2. The number of rotatable bonds is 7. The molecule has 0 atom stereocenters. The topological polar surface area (TPSA) is 106 Å². The van der Waals surface area contributed by atoms with Crippen LogP contribution < -0.4 is 15.4 Å². The van der Waals surface area contributed by atoms with Gasteiger partial charge in [-0.2, -0.15) is 0 Å². The SMILES string of the molecule is COc1ccc(C(=O)Nc2sc(NC(=O)c3cc(-c4ccc5ccccc5c4)on3)nc2-c2ccccc2)cc1. The minimum Gasteiger partial charge on any atom is -0.497 e. The highest BCUT2D eigenvalue weighted by Crippen LogP contribution is 2.36. The smallest absolute Gasteiger partial charge is 0.279 e. The maximum absolute atomic E-state index is 13.1. The summed E-state index contributed by atoms with van der Waals surface area (Å²) < 4.78 is 10.7. The number of methoxy groups -OCH3 is 1. The molecule has 0 fully saturated rings. The zero-order valence-electron chi connectivity index (χ0n) is 21.3. The number of nitrogens with zero attached hydrogens (tertiary/aromatic N) is 2. The average Bonchev–Trinajstić information content (AvgIpc) is 3.65. The molecule has 4 aromatic carbocycles. The Morgan fingerprint density at radius 1 is 0.775 bits per heavy atom. The summed E-state index contributed by atoms with van der Waals surface area (Å²) in [5.41, 5.74) is 2.73. The van der Waals surface area contributed by atoms with E-state index in [1.807, 2.05) is 72.8 Å². The molecule has 0 unspecified atom stereocenters. The van der Waals surface area contributed by atoms with Crippen LogP contribution in [0.1, 0.15) is 20.8 Å². The molecule has 6 aromatic rings. The third-order valence-electron chi connectivity index (χ3n) is 6.25. The number of amides is 2. The van der Waals surface area contributed by atoms with Gasteiger partial charge in [0.25, 0.3) is 11.8 Å². The van der Waals surface area contributed by atoms with E-state index in [2.05, 4.69) is 20.8 Å². The zero-order valence-corrected chi connectivity index (χ0v) is 22.1. The third-order valence-corrected chi connectivity index (χ3v) is 7.14. The van der Waals surface area contributed by atoms with E-state index in [-0.39, 0.29) is 11.6 Å². The van der Waals surface area contributed by atoms with Gasteiger partial charge >= 0.3 is 0 Å². The maximum atomic E-state index is 13.1. The zero-order chi connectivity index (χ0) is 27.5. The van der Waals surface area contributed by atoms with Crippen LogP contribution in [0.3, 0.4) is 0 Å². The van der Waals surface area contributed by atoms with Gasteiger partial charge in [-0.15, -0.1) is 0 Å². The van der Waals surface area contributed by atoms with Gasteiger partial charge in [-0.25, -0.2) is 4.98 Å². The standard InChI is InChI=1S/C31H22N4O4S/c1-38-24-15-13-21(14-16-24)28(36)33-30-27(20-8-3-2-4-9-20)32-31(40-30)34-29(37)25-18-26(39-35-25)23-12-11-19-7-5-6-10-22(19)17-23/h2-18H,1H3,(H,33,36)(H,32,34,37). The Morgan fingerprint density at radius 2 is 1.52 bits per heavy atom. The van der Waals surface area contributed by atoms with Crippen molar-refractivity contribution in [2.75, 3.05) is 17.7 Å². The number of thiazole rings is 1. The first-order chi connectivity index (χ1) is 19.6. The fraction of sp³-hybridized carbons (Fsp3) is 0.0323. The van der Waals surface area contributed by atoms with Crippen molar-refractivity contribution in [2.45, 2.75) is 0 Å². The lowest BCUT2D eigenvalue weighted by Crippen LogP contribution is -2.11. The minimum atomic E-state index is -0.475. The van der Waals surface area contributed by atoms with Crippen LogP contribution in [0.4, 0.5) is 10.1 Å². The second-order valence-corrected chi connectivity index (χ2v) is 9.84. The van der Waals surface area contributed by atoms with Crippen LogP contribution in [-0.2, 0) is 0 Å². The van der Waals surface area contributed by atoms with Crippen molar-refractivity contribution in [2.24, 2.45) is 0 Å². The molecule has 2 aromatic heterocycles. The Bertz CT molecular complexity index is 1830. The van der Waals surface area contributed by atoms with Crippen LogP contribution >= 0.6 is 11.3 Å². The summed E-state index contributed by atoms with van der Waals surface area (Å²) in [5.74, 6) is 0.350. The predicted molar refractivity (Wildman–Crippen MR) is 156 cm³/mol. The highest BCUT2D eigenvalue weighted by atomic mass is 32.1. The number of carbonyl (C=O) groups excluding carboxylic acids is 2. The van der Waals surface area contributed by atoms with E-state index in [4.69, 9.17) is 9.26 Å². The summed E-state index contributed by atoms with van der Waals surface area (Å²) in [4.78, 5) is 30.7. The average molecular weight is 547 g/mol. The second kappa shape index (κ2) is 10.8. The summed E-state index contributed by atoms with van der Waals surface area (Å²) in [7, 11) is 1.57. The second-order valence-electron chi connectivity index (χ2n) is 8.84. The van der Waals surface area contributed by atoms with E-state index in [9.17, 15) is 9.59 Å². The molecule has 0 saturated carbocycles. The first kappa shape index (κ1) is 25.0. The van der Waals surface area contributed by atoms with Gasteiger partial charge in [0, 0.05) is 22.8 Å². The van der Waals surface area contributed by atoms with E-state index in [0.29, 0.717) is 32.9 Å². The molecular weight excluding hydrogens is 524 g/mol. The molecule has 2 amide bonds. The Morgan fingerprint density at radius 3 is 2.30 bits per heavy atom. The number of hydrogen-bond donors (Lipinski definition) is 2. The monoisotopic (exact) mass is 546 g/mol. The van der Waals surface area contributed by atoms with Crippen molar-refractivity contribution in [3.8, 4) is 28.3 Å². The molecule has 0 saturated heterocycles. The molecule has 0 aliphatic rings. The minimum absolute atomic E-state index is 0.114. The molecule has 0 aliphatic heterocycles. The van der Waals surface area contributed by atoms with Gasteiger partial charge in [-0.3, -0.25) is 14.9 Å². The van der Waals surface area contributed by atoms with Crippen molar-refractivity contribution in [3.05, 3.63) is 114 Å². The van der Waals surface area contributed by atoms with Gasteiger partial charge in [0.05, 0.1) is 7.11 Å². The maximum Gasteiger partial charge on any atom is 0.279 e. The van der Waals surface area contributed by atoms with E-state index in [0.717, 1.165) is 33.2 Å². The highest BCUT2D eigenvalue weighted by Gasteiger charge is 2.20. The summed E-state index contributed by atoms with van der Waals surface area (Å²) in [6.07, 6.45) is 0. The van der Waals surface area contributed by atoms with Crippen molar-refractivity contribution < 1.29 is 18.8 Å². The molecule has 0 bridgehead atoms. The molecule has 8 nitrogen and oxygen atoms in total. The van der Waals surface area contributed by atoms with Crippen LogP contribution in [0.2, 0.25) is 0 Å². The summed E-state index contributed by atoms with van der Waals surface area (Å²) in [5, 5.41) is 12.7. The van der Waals surface area contributed by atoms with Crippen LogP contribution in [0.25, 0.3) is 33.4 Å². The van der Waals surface area contributed by atoms with Gasteiger partial charge in [0.1, 0.15) is 16.4 Å². The van der Waals surface area contributed by atoms with Gasteiger partial charge in [-0.05, 0) is 41.1 Å². The molecule has 2 heterocycles.